The molecule has 1 aliphatic rings. The number of carbonyl (C=O) groups excluding carboxylic acids is 1. The first kappa shape index (κ1) is 17.3. The van der Waals surface area contributed by atoms with Gasteiger partial charge in [-0.05, 0) is 50.5 Å². The van der Waals surface area contributed by atoms with Gasteiger partial charge in [-0.25, -0.2) is 4.79 Å². The third-order valence-electron chi connectivity index (χ3n) is 3.96. The summed E-state index contributed by atoms with van der Waals surface area (Å²) in [6.07, 6.45) is 3.76. The quantitative estimate of drug-likeness (QED) is 0.835. The van der Waals surface area contributed by atoms with Crippen molar-refractivity contribution in [3.8, 4) is 5.75 Å². The van der Waals surface area contributed by atoms with Crippen LogP contribution in [0.1, 0.15) is 32.6 Å². The van der Waals surface area contributed by atoms with Gasteiger partial charge >= 0.3 is 5.97 Å². The van der Waals surface area contributed by atoms with Crippen LogP contribution in [0.5, 0.6) is 5.75 Å². The van der Waals surface area contributed by atoms with Crippen LogP contribution in [0.2, 0.25) is 0 Å². The molecule has 23 heavy (non-hydrogen) atoms. The maximum Gasteiger partial charge on any atom is 0.341 e. The Labute approximate surface area is 136 Å². The molecular formula is C17H23NO5. The van der Waals surface area contributed by atoms with Crippen LogP contribution in [0.15, 0.2) is 24.3 Å². The van der Waals surface area contributed by atoms with E-state index < -0.39 is 5.97 Å². The highest BCUT2D eigenvalue weighted by atomic mass is 16.5. The number of amides is 1. The van der Waals surface area contributed by atoms with Crippen molar-refractivity contribution in [3.05, 3.63) is 24.3 Å². The van der Waals surface area contributed by atoms with Crippen molar-refractivity contribution in [2.45, 2.75) is 44.8 Å². The molecule has 1 heterocycles. The van der Waals surface area contributed by atoms with E-state index in [1.165, 1.54) is 0 Å². The van der Waals surface area contributed by atoms with E-state index in [1.54, 1.807) is 36.2 Å². The van der Waals surface area contributed by atoms with Gasteiger partial charge in [-0.2, -0.15) is 0 Å². The minimum Gasteiger partial charge on any atom is -0.482 e. The van der Waals surface area contributed by atoms with E-state index in [1.807, 2.05) is 0 Å². The normalized spacial score (nSPS) is 20.3. The first-order valence-electron chi connectivity index (χ1n) is 7.82. The summed E-state index contributed by atoms with van der Waals surface area (Å²) in [5.41, 5.74) is 0.749. The molecule has 1 amide bonds. The van der Waals surface area contributed by atoms with Crippen LogP contribution in [-0.4, -0.2) is 42.8 Å². The Kier molecular flexibility index (Phi) is 5.98. The molecule has 0 spiro atoms. The van der Waals surface area contributed by atoms with Crippen molar-refractivity contribution in [2.24, 2.45) is 0 Å². The molecule has 1 N–H and O–H groups in total. The number of nitrogens with zero attached hydrogens (tertiary/aromatic N) is 1. The van der Waals surface area contributed by atoms with Crippen LogP contribution in [-0.2, 0) is 14.3 Å². The molecule has 1 saturated heterocycles. The van der Waals surface area contributed by atoms with Crippen molar-refractivity contribution in [2.75, 3.05) is 18.6 Å². The van der Waals surface area contributed by atoms with E-state index in [4.69, 9.17) is 14.6 Å². The lowest BCUT2D eigenvalue weighted by Gasteiger charge is -2.19. The fourth-order valence-corrected chi connectivity index (χ4v) is 2.60. The number of aliphatic carboxylic acids is 1. The maximum absolute atomic E-state index is 12.2. The average molecular weight is 321 g/mol. The third kappa shape index (κ3) is 5.25. The van der Waals surface area contributed by atoms with Gasteiger partial charge in [-0.15, -0.1) is 0 Å². The second-order valence-corrected chi connectivity index (χ2v) is 5.81. The zero-order valence-electron chi connectivity index (χ0n) is 13.5. The highest BCUT2D eigenvalue weighted by Gasteiger charge is 2.23. The predicted molar refractivity (Wildman–Crippen MR) is 85.8 cm³/mol. The van der Waals surface area contributed by atoms with Gasteiger partial charge < -0.3 is 19.5 Å². The Morgan fingerprint density at radius 1 is 1.30 bits per heavy atom. The minimum absolute atomic E-state index is 0.0346. The highest BCUT2D eigenvalue weighted by Crippen LogP contribution is 2.24. The molecule has 1 aromatic rings. The summed E-state index contributed by atoms with van der Waals surface area (Å²) in [4.78, 5) is 24.3. The van der Waals surface area contributed by atoms with Crippen molar-refractivity contribution < 1.29 is 24.2 Å². The summed E-state index contributed by atoms with van der Waals surface area (Å²) >= 11 is 0. The lowest BCUT2D eigenvalue weighted by molar-refractivity contribution is -0.139. The molecule has 1 fully saturated rings. The summed E-state index contributed by atoms with van der Waals surface area (Å²) in [5, 5.41) is 8.57. The SMILES string of the molecule is CC1CCC(CCC(=O)N(C)c2ccc(OCC(=O)O)cc2)O1. The summed E-state index contributed by atoms with van der Waals surface area (Å²) < 4.78 is 10.8. The van der Waals surface area contributed by atoms with Gasteiger partial charge in [0.25, 0.3) is 0 Å². The van der Waals surface area contributed by atoms with Gasteiger partial charge in [0.2, 0.25) is 5.91 Å². The molecule has 2 unspecified atom stereocenters. The van der Waals surface area contributed by atoms with Crippen molar-refractivity contribution in [3.63, 3.8) is 0 Å². The highest BCUT2D eigenvalue weighted by molar-refractivity contribution is 5.92. The predicted octanol–water partition coefficient (Wildman–Crippen LogP) is 2.46. The maximum atomic E-state index is 12.2. The van der Waals surface area contributed by atoms with Crippen LogP contribution in [0.4, 0.5) is 5.69 Å². The molecule has 0 saturated carbocycles. The molecule has 0 aromatic heterocycles. The first-order valence-corrected chi connectivity index (χ1v) is 7.82. The number of hydrogen-bond donors (Lipinski definition) is 1. The molecule has 6 heteroatoms. The third-order valence-corrected chi connectivity index (χ3v) is 3.96. The standard InChI is InChI=1S/C17H23NO5/c1-12-3-6-15(23-12)9-10-16(19)18(2)13-4-7-14(8-5-13)22-11-17(20)21/h4-5,7-8,12,15H,3,6,9-11H2,1-2H3,(H,20,21). The fraction of sp³-hybridized carbons (Fsp3) is 0.529. The van der Waals surface area contributed by atoms with E-state index in [0.717, 1.165) is 24.9 Å². The number of ether oxygens (including phenoxy) is 2. The Bertz CT molecular complexity index is 542. The second kappa shape index (κ2) is 7.97. The average Bonchev–Trinajstić information content (AvgIpc) is 2.96. The molecule has 126 valence electrons. The zero-order chi connectivity index (χ0) is 16.8. The Morgan fingerprint density at radius 2 is 2.00 bits per heavy atom. The number of rotatable bonds is 7. The van der Waals surface area contributed by atoms with Gasteiger partial charge in [-0.3, -0.25) is 4.79 Å². The van der Waals surface area contributed by atoms with E-state index in [-0.39, 0.29) is 18.6 Å². The van der Waals surface area contributed by atoms with Gasteiger partial charge in [0.05, 0.1) is 12.2 Å². The van der Waals surface area contributed by atoms with Gasteiger partial charge in [0.1, 0.15) is 5.75 Å². The van der Waals surface area contributed by atoms with E-state index in [2.05, 4.69) is 6.92 Å². The molecule has 0 bridgehead atoms. The minimum atomic E-state index is -1.02. The Balaban J connectivity index is 1.82. The van der Waals surface area contributed by atoms with E-state index >= 15 is 0 Å². The molecule has 2 rings (SSSR count). The largest absolute Gasteiger partial charge is 0.482 e. The van der Waals surface area contributed by atoms with E-state index in [9.17, 15) is 9.59 Å². The molecule has 0 radical (unpaired) electrons. The van der Waals surface area contributed by atoms with Crippen LogP contribution >= 0.6 is 0 Å². The van der Waals surface area contributed by atoms with Crippen molar-refractivity contribution >= 4 is 17.6 Å². The van der Waals surface area contributed by atoms with Gasteiger partial charge in [-0.1, -0.05) is 0 Å². The molecular weight excluding hydrogens is 298 g/mol. The number of benzene rings is 1. The molecule has 2 atom stereocenters. The van der Waals surface area contributed by atoms with Gasteiger partial charge in [0, 0.05) is 19.2 Å². The summed E-state index contributed by atoms with van der Waals surface area (Å²) in [6.45, 7) is 1.68. The molecule has 0 aliphatic carbocycles. The van der Waals surface area contributed by atoms with Crippen LogP contribution < -0.4 is 9.64 Å². The monoisotopic (exact) mass is 321 g/mol. The number of carboxylic acid groups (broad SMARTS) is 1. The number of carboxylic acids is 1. The molecule has 1 aliphatic heterocycles. The number of carbonyl (C=O) groups is 2. The molecule has 6 nitrogen and oxygen atoms in total. The summed E-state index contributed by atoms with van der Waals surface area (Å²) in [5.74, 6) is -0.525. The Morgan fingerprint density at radius 3 is 2.57 bits per heavy atom. The van der Waals surface area contributed by atoms with E-state index in [0.29, 0.717) is 18.3 Å². The lowest BCUT2D eigenvalue weighted by Crippen LogP contribution is -2.27. The Hall–Kier alpha value is -2.08. The summed E-state index contributed by atoms with van der Waals surface area (Å²) in [6, 6.07) is 6.79. The van der Waals surface area contributed by atoms with Crippen LogP contribution in [0.3, 0.4) is 0 Å². The van der Waals surface area contributed by atoms with Gasteiger partial charge in [0.15, 0.2) is 6.61 Å². The summed E-state index contributed by atoms with van der Waals surface area (Å²) in [7, 11) is 1.73. The second-order valence-electron chi connectivity index (χ2n) is 5.81. The lowest BCUT2D eigenvalue weighted by atomic mass is 10.1. The zero-order valence-corrected chi connectivity index (χ0v) is 13.5. The van der Waals surface area contributed by atoms with Crippen molar-refractivity contribution in [1.29, 1.82) is 0 Å². The fourth-order valence-electron chi connectivity index (χ4n) is 2.60. The number of anilines is 1. The number of hydrogen-bond acceptors (Lipinski definition) is 4. The van der Waals surface area contributed by atoms with Crippen LogP contribution in [0, 0.1) is 0 Å². The molecule has 1 aromatic carbocycles. The topological polar surface area (TPSA) is 76.1 Å². The smallest absolute Gasteiger partial charge is 0.341 e. The van der Waals surface area contributed by atoms with Crippen molar-refractivity contribution in [1.82, 2.24) is 0 Å². The van der Waals surface area contributed by atoms with Crippen LogP contribution in [0.25, 0.3) is 0 Å². The first-order chi connectivity index (χ1) is 11.0.